The van der Waals surface area contributed by atoms with E-state index in [9.17, 15) is 4.79 Å². The summed E-state index contributed by atoms with van der Waals surface area (Å²) >= 11 is 1.81. The lowest BCUT2D eigenvalue weighted by Gasteiger charge is -2.23. The van der Waals surface area contributed by atoms with Crippen molar-refractivity contribution < 1.29 is 0 Å². The van der Waals surface area contributed by atoms with Crippen LogP contribution in [0, 0.1) is 6.92 Å². The summed E-state index contributed by atoms with van der Waals surface area (Å²) in [5, 5.41) is 2.13. The summed E-state index contributed by atoms with van der Waals surface area (Å²) in [5.74, 6) is 0. The Morgan fingerprint density at radius 3 is 3.09 bits per heavy atom. The van der Waals surface area contributed by atoms with E-state index in [1.807, 2.05) is 30.4 Å². The van der Waals surface area contributed by atoms with Crippen LogP contribution in [0.3, 0.4) is 0 Å². The van der Waals surface area contributed by atoms with E-state index in [2.05, 4.69) is 22.4 Å². The fraction of sp³-hybridized carbons (Fsp3) is 0.333. The van der Waals surface area contributed by atoms with Crippen LogP contribution in [0.2, 0.25) is 0 Å². The minimum absolute atomic E-state index is 0.000528. The number of hydrogen-bond donors (Lipinski definition) is 0. The molecule has 1 aliphatic heterocycles. The highest BCUT2D eigenvalue weighted by atomic mass is 32.1. The highest BCUT2D eigenvalue weighted by molar-refractivity contribution is 7.10. The number of rotatable bonds is 3. The second-order valence-electron chi connectivity index (χ2n) is 6.11. The van der Waals surface area contributed by atoms with Crippen molar-refractivity contribution in [2.24, 2.45) is 0 Å². The lowest BCUT2D eigenvalue weighted by atomic mass is 10.2. The fourth-order valence-corrected chi connectivity index (χ4v) is 4.31. The lowest BCUT2D eigenvalue weighted by Crippen LogP contribution is -2.25. The molecule has 5 heteroatoms. The summed E-state index contributed by atoms with van der Waals surface area (Å²) in [6.45, 7) is 3.80. The Bertz CT molecular complexity index is 885. The molecule has 0 aromatic carbocycles. The van der Waals surface area contributed by atoms with Crippen LogP contribution in [-0.2, 0) is 6.54 Å². The van der Waals surface area contributed by atoms with Gasteiger partial charge in [0.05, 0.1) is 5.69 Å². The summed E-state index contributed by atoms with van der Waals surface area (Å²) < 4.78 is 1.62. The van der Waals surface area contributed by atoms with Gasteiger partial charge >= 0.3 is 0 Å². The molecule has 3 aromatic rings. The Hall–Kier alpha value is -1.98. The number of aromatic nitrogens is 2. The van der Waals surface area contributed by atoms with E-state index in [0.717, 1.165) is 30.0 Å². The average Bonchev–Trinajstić information content (AvgIpc) is 3.19. The summed E-state index contributed by atoms with van der Waals surface area (Å²) in [6, 6.07) is 10.3. The predicted molar refractivity (Wildman–Crippen MR) is 92.9 cm³/mol. The number of hydrogen-bond acceptors (Lipinski definition) is 4. The Balaban J connectivity index is 1.67. The molecule has 4 nitrogen and oxygen atoms in total. The van der Waals surface area contributed by atoms with Crippen molar-refractivity contribution >= 4 is 17.0 Å². The number of pyridine rings is 1. The third-order valence-electron chi connectivity index (χ3n) is 4.54. The van der Waals surface area contributed by atoms with E-state index in [4.69, 9.17) is 4.98 Å². The van der Waals surface area contributed by atoms with E-state index >= 15 is 0 Å². The van der Waals surface area contributed by atoms with Gasteiger partial charge in [0, 0.05) is 29.7 Å². The first-order valence-electron chi connectivity index (χ1n) is 7.98. The summed E-state index contributed by atoms with van der Waals surface area (Å²) in [4.78, 5) is 20.9. The van der Waals surface area contributed by atoms with Crippen LogP contribution in [0.15, 0.2) is 46.7 Å². The van der Waals surface area contributed by atoms with Crippen molar-refractivity contribution in [2.75, 3.05) is 6.54 Å². The zero-order valence-electron chi connectivity index (χ0n) is 13.1. The van der Waals surface area contributed by atoms with Gasteiger partial charge in [-0.2, -0.15) is 0 Å². The largest absolute Gasteiger partial charge is 0.290 e. The Labute approximate surface area is 139 Å². The van der Waals surface area contributed by atoms with Gasteiger partial charge in [-0.25, -0.2) is 4.98 Å². The van der Waals surface area contributed by atoms with Gasteiger partial charge in [0.25, 0.3) is 5.56 Å². The van der Waals surface area contributed by atoms with E-state index in [0.29, 0.717) is 6.04 Å². The smallest absolute Gasteiger partial charge is 0.258 e. The molecule has 0 saturated carbocycles. The molecule has 0 spiro atoms. The maximum absolute atomic E-state index is 12.3. The fourth-order valence-electron chi connectivity index (χ4n) is 3.42. The van der Waals surface area contributed by atoms with E-state index in [-0.39, 0.29) is 5.56 Å². The van der Waals surface area contributed by atoms with Crippen molar-refractivity contribution in [1.82, 2.24) is 14.3 Å². The van der Waals surface area contributed by atoms with Crippen LogP contribution in [-0.4, -0.2) is 20.8 Å². The Kier molecular flexibility index (Phi) is 3.75. The molecule has 0 radical (unpaired) electrons. The summed E-state index contributed by atoms with van der Waals surface area (Å²) in [5.41, 5.74) is 2.66. The summed E-state index contributed by atoms with van der Waals surface area (Å²) in [7, 11) is 0. The first-order valence-corrected chi connectivity index (χ1v) is 8.86. The minimum atomic E-state index is 0.000528. The van der Waals surface area contributed by atoms with Crippen molar-refractivity contribution in [1.29, 1.82) is 0 Å². The topological polar surface area (TPSA) is 37.6 Å². The molecular formula is C18H19N3OS. The van der Waals surface area contributed by atoms with Crippen LogP contribution in [0.4, 0.5) is 0 Å². The highest BCUT2D eigenvalue weighted by Gasteiger charge is 2.27. The molecule has 1 aliphatic rings. The second kappa shape index (κ2) is 5.91. The average molecular weight is 325 g/mol. The third kappa shape index (κ3) is 2.71. The quantitative estimate of drug-likeness (QED) is 0.741. The molecular weight excluding hydrogens is 306 g/mol. The second-order valence-corrected chi connectivity index (χ2v) is 7.09. The van der Waals surface area contributed by atoms with Crippen molar-refractivity contribution in [3.8, 4) is 0 Å². The predicted octanol–water partition coefficient (Wildman–Crippen LogP) is 3.40. The number of fused-ring (bicyclic) bond motifs is 1. The van der Waals surface area contributed by atoms with Crippen LogP contribution in [0.25, 0.3) is 5.65 Å². The van der Waals surface area contributed by atoms with Crippen molar-refractivity contribution in [2.45, 2.75) is 32.4 Å². The van der Waals surface area contributed by atoms with E-state index in [1.165, 1.54) is 17.7 Å². The van der Waals surface area contributed by atoms with E-state index < -0.39 is 0 Å². The number of aryl methyl sites for hydroxylation is 1. The number of nitrogens with zero attached hydrogens (tertiary/aromatic N) is 3. The van der Waals surface area contributed by atoms with Crippen LogP contribution in [0.1, 0.15) is 35.0 Å². The lowest BCUT2D eigenvalue weighted by molar-refractivity contribution is 0.248. The van der Waals surface area contributed by atoms with Gasteiger partial charge in [-0.05, 0) is 49.4 Å². The summed E-state index contributed by atoms with van der Waals surface area (Å²) in [6.07, 6.45) is 4.17. The SMILES string of the molecule is Cc1cccn2c(=O)cc(CN3CCC[C@@H]3c3cccs3)nc12. The van der Waals surface area contributed by atoms with Gasteiger partial charge in [0.2, 0.25) is 0 Å². The van der Waals surface area contributed by atoms with E-state index in [1.54, 1.807) is 16.7 Å². The van der Waals surface area contributed by atoms with Crippen LogP contribution >= 0.6 is 11.3 Å². The van der Waals surface area contributed by atoms with Gasteiger partial charge in [0.15, 0.2) is 0 Å². The zero-order valence-corrected chi connectivity index (χ0v) is 13.9. The molecule has 23 heavy (non-hydrogen) atoms. The highest BCUT2D eigenvalue weighted by Crippen LogP contribution is 2.35. The van der Waals surface area contributed by atoms with Gasteiger partial charge in [-0.3, -0.25) is 14.1 Å². The molecule has 1 saturated heterocycles. The molecule has 3 aromatic heterocycles. The first-order chi connectivity index (χ1) is 11.2. The minimum Gasteiger partial charge on any atom is -0.290 e. The van der Waals surface area contributed by atoms with Crippen LogP contribution in [0.5, 0.6) is 0 Å². The molecule has 0 unspecified atom stereocenters. The van der Waals surface area contributed by atoms with Crippen molar-refractivity contribution in [3.63, 3.8) is 0 Å². The van der Waals surface area contributed by atoms with Crippen molar-refractivity contribution in [3.05, 3.63) is 68.4 Å². The molecule has 1 fully saturated rings. The maximum Gasteiger partial charge on any atom is 0.258 e. The first kappa shape index (κ1) is 14.6. The molecule has 4 heterocycles. The van der Waals surface area contributed by atoms with Gasteiger partial charge in [0.1, 0.15) is 5.65 Å². The van der Waals surface area contributed by atoms with Crippen LogP contribution < -0.4 is 5.56 Å². The normalized spacial score (nSPS) is 18.7. The van der Waals surface area contributed by atoms with Gasteiger partial charge in [-0.15, -0.1) is 11.3 Å². The van der Waals surface area contributed by atoms with Gasteiger partial charge < -0.3 is 0 Å². The molecule has 0 amide bonds. The standard InChI is InChI=1S/C18H19N3OS/c1-13-5-2-9-21-17(22)11-14(19-18(13)21)12-20-8-3-6-15(20)16-7-4-10-23-16/h2,4-5,7,9-11,15H,3,6,8,12H2,1H3/t15-/m1/s1. The molecule has 0 bridgehead atoms. The molecule has 118 valence electrons. The molecule has 0 aliphatic carbocycles. The Morgan fingerprint density at radius 2 is 2.26 bits per heavy atom. The van der Waals surface area contributed by atoms with Gasteiger partial charge in [-0.1, -0.05) is 12.1 Å². The molecule has 4 rings (SSSR count). The maximum atomic E-state index is 12.3. The number of likely N-dealkylation sites (tertiary alicyclic amines) is 1. The number of thiophene rings is 1. The zero-order chi connectivity index (χ0) is 15.8. The molecule has 1 atom stereocenters. The Morgan fingerprint density at radius 1 is 1.35 bits per heavy atom. The molecule has 0 N–H and O–H groups in total. The third-order valence-corrected chi connectivity index (χ3v) is 5.51. The monoisotopic (exact) mass is 325 g/mol.